The molecule has 0 saturated heterocycles. The molecule has 0 aliphatic carbocycles. The van der Waals surface area contributed by atoms with Crippen molar-refractivity contribution < 1.29 is 4.39 Å². The Morgan fingerprint density at radius 1 is 1.04 bits per heavy atom. The third-order valence-electron chi connectivity index (χ3n) is 4.36. The highest BCUT2D eigenvalue weighted by Gasteiger charge is 2.10. The van der Waals surface area contributed by atoms with E-state index in [2.05, 4.69) is 11.9 Å². The lowest BCUT2D eigenvalue weighted by Crippen LogP contribution is -2.24. The number of nitrogens with zero attached hydrogens (tertiary/aromatic N) is 2. The maximum absolute atomic E-state index is 13.7. The molecule has 0 bridgehead atoms. The summed E-state index contributed by atoms with van der Waals surface area (Å²) in [6.07, 6.45) is 9.82. The van der Waals surface area contributed by atoms with Gasteiger partial charge in [0, 0.05) is 6.54 Å². The minimum absolute atomic E-state index is 0.130. The summed E-state index contributed by atoms with van der Waals surface area (Å²) in [6, 6.07) is 4.56. The molecule has 2 rings (SSSR count). The molecule has 126 valence electrons. The molecule has 0 aliphatic heterocycles. The SMILES string of the molecule is CCCCCCCCCCn1c(C)nc2c(F)cccc2c1=O. The summed E-state index contributed by atoms with van der Waals surface area (Å²) >= 11 is 0. The van der Waals surface area contributed by atoms with Crippen LogP contribution >= 0.6 is 0 Å². The van der Waals surface area contributed by atoms with Gasteiger partial charge in [-0.15, -0.1) is 0 Å². The largest absolute Gasteiger partial charge is 0.296 e. The smallest absolute Gasteiger partial charge is 0.261 e. The number of para-hydroxylation sites is 1. The van der Waals surface area contributed by atoms with Crippen molar-refractivity contribution in [2.24, 2.45) is 0 Å². The van der Waals surface area contributed by atoms with Gasteiger partial charge in [0.05, 0.1) is 5.39 Å². The van der Waals surface area contributed by atoms with E-state index in [0.29, 0.717) is 17.8 Å². The molecule has 0 amide bonds. The lowest BCUT2D eigenvalue weighted by Gasteiger charge is -2.11. The predicted molar refractivity (Wildman–Crippen MR) is 93.3 cm³/mol. The average Bonchev–Trinajstić information content (AvgIpc) is 2.54. The van der Waals surface area contributed by atoms with Crippen molar-refractivity contribution in [1.82, 2.24) is 9.55 Å². The Bertz CT molecular complexity index is 694. The number of halogens is 1. The Balaban J connectivity index is 1.92. The molecule has 0 atom stereocenters. The summed E-state index contributed by atoms with van der Waals surface area (Å²) < 4.78 is 15.4. The van der Waals surface area contributed by atoms with E-state index in [9.17, 15) is 9.18 Å². The van der Waals surface area contributed by atoms with Crippen LogP contribution in [-0.4, -0.2) is 9.55 Å². The summed E-state index contributed by atoms with van der Waals surface area (Å²) in [7, 11) is 0. The number of aryl methyl sites for hydroxylation is 1. The molecule has 2 aromatic rings. The molecule has 0 aliphatic rings. The summed E-state index contributed by atoms with van der Waals surface area (Å²) in [5, 5.41) is 0.371. The van der Waals surface area contributed by atoms with Crippen molar-refractivity contribution in [2.75, 3.05) is 0 Å². The summed E-state index contributed by atoms with van der Waals surface area (Å²) in [4.78, 5) is 16.8. The van der Waals surface area contributed by atoms with E-state index in [0.717, 1.165) is 12.8 Å². The minimum atomic E-state index is -0.429. The molecule has 0 spiro atoms. The Morgan fingerprint density at radius 3 is 2.39 bits per heavy atom. The van der Waals surface area contributed by atoms with Crippen molar-refractivity contribution in [3.63, 3.8) is 0 Å². The second-order valence-corrected chi connectivity index (χ2v) is 6.23. The van der Waals surface area contributed by atoms with Crippen LogP contribution in [0, 0.1) is 12.7 Å². The minimum Gasteiger partial charge on any atom is -0.296 e. The van der Waals surface area contributed by atoms with Crippen LogP contribution in [0.1, 0.15) is 64.1 Å². The molecule has 0 radical (unpaired) electrons. The Morgan fingerprint density at radius 2 is 1.70 bits per heavy atom. The van der Waals surface area contributed by atoms with Gasteiger partial charge < -0.3 is 0 Å². The Hall–Kier alpha value is -1.71. The van der Waals surface area contributed by atoms with Crippen molar-refractivity contribution in [1.29, 1.82) is 0 Å². The van der Waals surface area contributed by atoms with Crippen LogP contribution in [0.2, 0.25) is 0 Å². The van der Waals surface area contributed by atoms with Crippen LogP contribution in [0.4, 0.5) is 4.39 Å². The van der Waals surface area contributed by atoms with Gasteiger partial charge in [-0.25, -0.2) is 9.37 Å². The molecule has 1 aromatic heterocycles. The third kappa shape index (κ3) is 4.63. The molecule has 23 heavy (non-hydrogen) atoms. The van der Waals surface area contributed by atoms with Gasteiger partial charge in [0.2, 0.25) is 0 Å². The number of unbranched alkanes of at least 4 members (excludes halogenated alkanes) is 7. The molecule has 0 unspecified atom stereocenters. The Labute approximate surface area is 137 Å². The van der Waals surface area contributed by atoms with Crippen LogP contribution in [0.5, 0.6) is 0 Å². The number of benzene rings is 1. The first-order valence-corrected chi connectivity index (χ1v) is 8.80. The zero-order chi connectivity index (χ0) is 16.7. The molecule has 0 N–H and O–H groups in total. The highest BCUT2D eigenvalue weighted by Crippen LogP contribution is 2.13. The van der Waals surface area contributed by atoms with Crippen LogP contribution in [0.15, 0.2) is 23.0 Å². The number of aromatic nitrogens is 2. The first-order chi connectivity index (χ1) is 11.1. The van der Waals surface area contributed by atoms with Crippen molar-refractivity contribution >= 4 is 10.9 Å². The van der Waals surface area contributed by atoms with Crippen LogP contribution < -0.4 is 5.56 Å². The number of rotatable bonds is 9. The highest BCUT2D eigenvalue weighted by molar-refractivity contribution is 5.78. The van der Waals surface area contributed by atoms with E-state index in [-0.39, 0.29) is 11.1 Å². The monoisotopic (exact) mass is 318 g/mol. The highest BCUT2D eigenvalue weighted by atomic mass is 19.1. The van der Waals surface area contributed by atoms with Crippen molar-refractivity contribution in [3.8, 4) is 0 Å². The van der Waals surface area contributed by atoms with E-state index >= 15 is 0 Å². The fourth-order valence-corrected chi connectivity index (χ4v) is 2.98. The Kier molecular flexibility index (Phi) is 6.75. The summed E-state index contributed by atoms with van der Waals surface area (Å²) in [5.74, 6) is 0.164. The van der Waals surface area contributed by atoms with Gasteiger partial charge in [0.15, 0.2) is 0 Å². The van der Waals surface area contributed by atoms with E-state index in [1.807, 2.05) is 0 Å². The molecule has 0 fully saturated rings. The molecule has 0 saturated carbocycles. The summed E-state index contributed by atoms with van der Waals surface area (Å²) in [6.45, 7) is 4.67. The van der Waals surface area contributed by atoms with Crippen LogP contribution in [0.3, 0.4) is 0 Å². The topological polar surface area (TPSA) is 34.9 Å². The lowest BCUT2D eigenvalue weighted by molar-refractivity contribution is 0.529. The van der Waals surface area contributed by atoms with Crippen LogP contribution in [-0.2, 0) is 6.54 Å². The molecule has 1 aromatic carbocycles. The van der Waals surface area contributed by atoms with Gasteiger partial charge in [-0.1, -0.05) is 57.9 Å². The predicted octanol–water partition coefficient (Wildman–Crippen LogP) is 4.98. The standard InChI is InChI=1S/C19H27FN2O/c1-3-4-5-6-7-8-9-10-14-22-15(2)21-18-16(19(22)23)12-11-13-17(18)20/h11-13H,3-10,14H2,1-2H3. The first kappa shape index (κ1) is 17.6. The van der Waals surface area contributed by atoms with Gasteiger partial charge in [0.25, 0.3) is 5.56 Å². The zero-order valence-electron chi connectivity index (χ0n) is 14.3. The third-order valence-corrected chi connectivity index (χ3v) is 4.36. The van der Waals surface area contributed by atoms with Gasteiger partial charge in [-0.05, 0) is 25.5 Å². The molecular formula is C19H27FN2O. The number of hydrogen-bond acceptors (Lipinski definition) is 2. The summed E-state index contributed by atoms with van der Waals surface area (Å²) in [5.41, 5.74) is 0.0529. The molecular weight excluding hydrogens is 291 g/mol. The van der Waals surface area contributed by atoms with Gasteiger partial charge in [-0.3, -0.25) is 9.36 Å². The van der Waals surface area contributed by atoms with E-state index < -0.39 is 5.82 Å². The second-order valence-electron chi connectivity index (χ2n) is 6.23. The quantitative estimate of drug-likeness (QED) is 0.611. The normalized spacial score (nSPS) is 11.3. The second kappa shape index (κ2) is 8.80. The van der Waals surface area contributed by atoms with Crippen LogP contribution in [0.25, 0.3) is 10.9 Å². The van der Waals surface area contributed by atoms with E-state index in [4.69, 9.17) is 0 Å². The van der Waals surface area contributed by atoms with Gasteiger partial charge in [-0.2, -0.15) is 0 Å². The van der Waals surface area contributed by atoms with Gasteiger partial charge in [0.1, 0.15) is 17.2 Å². The van der Waals surface area contributed by atoms with E-state index in [1.165, 1.54) is 44.6 Å². The fourth-order valence-electron chi connectivity index (χ4n) is 2.98. The fraction of sp³-hybridized carbons (Fsp3) is 0.579. The van der Waals surface area contributed by atoms with Gasteiger partial charge >= 0.3 is 0 Å². The maximum Gasteiger partial charge on any atom is 0.261 e. The van der Waals surface area contributed by atoms with E-state index in [1.54, 1.807) is 23.6 Å². The van der Waals surface area contributed by atoms with Crippen molar-refractivity contribution in [2.45, 2.75) is 71.8 Å². The maximum atomic E-state index is 13.7. The molecule has 1 heterocycles. The number of fused-ring (bicyclic) bond motifs is 1. The lowest BCUT2D eigenvalue weighted by atomic mass is 10.1. The average molecular weight is 318 g/mol. The van der Waals surface area contributed by atoms with Crippen molar-refractivity contribution in [3.05, 3.63) is 40.2 Å². The molecule has 4 heteroatoms. The zero-order valence-corrected chi connectivity index (χ0v) is 14.3. The first-order valence-electron chi connectivity index (χ1n) is 8.80. The number of hydrogen-bond donors (Lipinski definition) is 0. The molecule has 3 nitrogen and oxygen atoms in total.